The zero-order valence-electron chi connectivity index (χ0n) is 16.0. The first-order valence-electron chi connectivity index (χ1n) is 9.72. The predicted octanol–water partition coefficient (Wildman–Crippen LogP) is 3.58. The van der Waals surface area contributed by atoms with Gasteiger partial charge in [-0.3, -0.25) is 14.5 Å². The van der Waals surface area contributed by atoms with Gasteiger partial charge in [-0.2, -0.15) is 0 Å². The lowest BCUT2D eigenvalue weighted by Crippen LogP contribution is -2.39. The Bertz CT molecular complexity index is 721. The third kappa shape index (κ3) is 4.36. The Balaban J connectivity index is 1.89. The van der Waals surface area contributed by atoms with E-state index in [-0.39, 0.29) is 11.8 Å². The molecule has 2 amide bonds. The lowest BCUT2D eigenvalue weighted by Gasteiger charge is -2.32. The largest absolute Gasteiger partial charge is 0.382 e. The van der Waals surface area contributed by atoms with Gasteiger partial charge < -0.3 is 9.64 Å². The molecule has 0 saturated carbocycles. The monoisotopic (exact) mass is 390 g/mol. The summed E-state index contributed by atoms with van der Waals surface area (Å²) in [7, 11) is 0. The SMILES string of the molecule is CCOCCCN1C(=O)C(c2ccc(Cl)cc2)=C(N2CCC(C)CC2)C1=O. The minimum Gasteiger partial charge on any atom is -0.382 e. The molecule has 1 saturated heterocycles. The maximum Gasteiger partial charge on any atom is 0.277 e. The zero-order valence-corrected chi connectivity index (χ0v) is 16.8. The Labute approximate surface area is 165 Å². The Morgan fingerprint density at radius 1 is 1.11 bits per heavy atom. The number of likely N-dealkylation sites (tertiary alicyclic amines) is 1. The number of rotatable bonds is 7. The van der Waals surface area contributed by atoms with Crippen molar-refractivity contribution in [1.82, 2.24) is 9.80 Å². The van der Waals surface area contributed by atoms with Crippen LogP contribution in [-0.2, 0) is 14.3 Å². The summed E-state index contributed by atoms with van der Waals surface area (Å²) in [5.74, 6) is 0.249. The van der Waals surface area contributed by atoms with Gasteiger partial charge in [-0.25, -0.2) is 0 Å². The molecule has 0 bridgehead atoms. The van der Waals surface area contributed by atoms with E-state index < -0.39 is 0 Å². The van der Waals surface area contributed by atoms with Gasteiger partial charge in [0.2, 0.25) is 0 Å². The van der Waals surface area contributed by atoms with Crippen LogP contribution in [0.5, 0.6) is 0 Å². The molecule has 5 nitrogen and oxygen atoms in total. The van der Waals surface area contributed by atoms with Crippen molar-refractivity contribution in [2.24, 2.45) is 5.92 Å². The van der Waals surface area contributed by atoms with E-state index in [1.54, 1.807) is 12.1 Å². The maximum absolute atomic E-state index is 13.1. The highest BCUT2D eigenvalue weighted by molar-refractivity contribution is 6.36. The molecule has 0 N–H and O–H groups in total. The van der Waals surface area contributed by atoms with E-state index in [9.17, 15) is 9.59 Å². The van der Waals surface area contributed by atoms with Crippen LogP contribution in [0.25, 0.3) is 5.57 Å². The second-order valence-corrected chi connectivity index (χ2v) is 7.65. The number of ether oxygens (including phenoxy) is 1. The van der Waals surface area contributed by atoms with Crippen molar-refractivity contribution in [3.63, 3.8) is 0 Å². The Hall–Kier alpha value is -1.85. The molecule has 1 aromatic rings. The first-order valence-corrected chi connectivity index (χ1v) is 10.1. The molecule has 0 spiro atoms. The molecule has 2 aliphatic heterocycles. The predicted molar refractivity (Wildman–Crippen MR) is 106 cm³/mol. The third-order valence-electron chi connectivity index (χ3n) is 5.25. The van der Waals surface area contributed by atoms with E-state index in [0.29, 0.717) is 48.4 Å². The van der Waals surface area contributed by atoms with E-state index in [2.05, 4.69) is 11.8 Å². The summed E-state index contributed by atoms with van der Waals surface area (Å²) in [4.78, 5) is 29.7. The molecule has 1 fully saturated rings. The molecule has 27 heavy (non-hydrogen) atoms. The van der Waals surface area contributed by atoms with Gasteiger partial charge in [0.15, 0.2) is 0 Å². The second-order valence-electron chi connectivity index (χ2n) is 7.21. The van der Waals surface area contributed by atoms with Crippen molar-refractivity contribution in [3.05, 3.63) is 40.5 Å². The summed E-state index contributed by atoms with van der Waals surface area (Å²) in [6, 6.07) is 7.16. The average molecular weight is 391 g/mol. The molecular formula is C21H27ClN2O3. The number of benzene rings is 1. The topological polar surface area (TPSA) is 49.9 Å². The normalized spacial score (nSPS) is 18.8. The summed E-state index contributed by atoms with van der Waals surface area (Å²) >= 11 is 6.01. The van der Waals surface area contributed by atoms with Gasteiger partial charge in [0.25, 0.3) is 11.8 Å². The minimum atomic E-state index is -0.215. The van der Waals surface area contributed by atoms with Gasteiger partial charge in [0.1, 0.15) is 5.70 Å². The van der Waals surface area contributed by atoms with Crippen molar-refractivity contribution in [3.8, 4) is 0 Å². The lowest BCUT2D eigenvalue weighted by atomic mass is 9.97. The average Bonchev–Trinajstić information content (AvgIpc) is 2.91. The summed E-state index contributed by atoms with van der Waals surface area (Å²) in [6.45, 7) is 7.32. The number of hydrogen-bond acceptors (Lipinski definition) is 4. The zero-order chi connectivity index (χ0) is 19.4. The van der Waals surface area contributed by atoms with Gasteiger partial charge in [-0.05, 0) is 49.8 Å². The number of halogens is 1. The van der Waals surface area contributed by atoms with Gasteiger partial charge >= 0.3 is 0 Å². The van der Waals surface area contributed by atoms with Crippen molar-refractivity contribution >= 4 is 29.0 Å². The fourth-order valence-electron chi connectivity index (χ4n) is 3.64. The van der Waals surface area contributed by atoms with Gasteiger partial charge in [0, 0.05) is 37.9 Å². The number of nitrogens with zero attached hydrogens (tertiary/aromatic N) is 2. The maximum atomic E-state index is 13.1. The van der Waals surface area contributed by atoms with Gasteiger partial charge in [0.05, 0.1) is 5.57 Å². The standard InChI is InChI=1S/C21H27ClN2O3/c1-3-27-14-4-11-24-20(25)18(16-5-7-17(22)8-6-16)19(21(24)26)23-12-9-15(2)10-13-23/h5-8,15H,3-4,9-14H2,1-2H3. The summed E-state index contributed by atoms with van der Waals surface area (Å²) in [5, 5.41) is 0.609. The molecule has 0 aromatic heterocycles. The van der Waals surface area contributed by atoms with E-state index in [4.69, 9.17) is 16.3 Å². The van der Waals surface area contributed by atoms with Crippen LogP contribution in [0, 0.1) is 5.92 Å². The summed E-state index contributed by atoms with van der Waals surface area (Å²) in [6.07, 6.45) is 2.70. The van der Waals surface area contributed by atoms with E-state index in [1.165, 1.54) is 4.90 Å². The molecule has 1 aromatic carbocycles. The first-order chi connectivity index (χ1) is 13.0. The van der Waals surface area contributed by atoms with Crippen LogP contribution in [0.15, 0.2) is 30.0 Å². The number of piperidine rings is 1. The summed E-state index contributed by atoms with van der Waals surface area (Å²) in [5.41, 5.74) is 1.80. The van der Waals surface area contributed by atoms with Crippen LogP contribution in [0.4, 0.5) is 0 Å². The van der Waals surface area contributed by atoms with Crippen LogP contribution >= 0.6 is 11.6 Å². The molecule has 0 radical (unpaired) electrons. The quantitative estimate of drug-likeness (QED) is 0.527. The van der Waals surface area contributed by atoms with E-state index in [0.717, 1.165) is 31.5 Å². The highest BCUT2D eigenvalue weighted by atomic mass is 35.5. The van der Waals surface area contributed by atoms with Crippen LogP contribution in [0.2, 0.25) is 5.02 Å². The third-order valence-corrected chi connectivity index (χ3v) is 5.50. The van der Waals surface area contributed by atoms with Crippen molar-refractivity contribution in [2.75, 3.05) is 32.8 Å². The Kier molecular flexibility index (Phi) is 6.55. The van der Waals surface area contributed by atoms with Crippen LogP contribution in [-0.4, -0.2) is 54.5 Å². The molecule has 0 unspecified atom stereocenters. The van der Waals surface area contributed by atoms with Crippen LogP contribution in [0.1, 0.15) is 38.7 Å². The highest BCUT2D eigenvalue weighted by Crippen LogP contribution is 2.34. The minimum absolute atomic E-state index is 0.184. The number of imide groups is 1. The Morgan fingerprint density at radius 3 is 2.41 bits per heavy atom. The molecule has 146 valence electrons. The molecule has 6 heteroatoms. The smallest absolute Gasteiger partial charge is 0.277 e. The summed E-state index contributed by atoms with van der Waals surface area (Å²) < 4.78 is 5.36. The molecule has 0 aliphatic carbocycles. The van der Waals surface area contributed by atoms with Crippen molar-refractivity contribution in [2.45, 2.75) is 33.1 Å². The van der Waals surface area contributed by atoms with Crippen molar-refractivity contribution < 1.29 is 14.3 Å². The lowest BCUT2D eigenvalue weighted by molar-refractivity contribution is -0.137. The second kappa shape index (κ2) is 8.89. The molecule has 2 heterocycles. The molecular weight excluding hydrogens is 364 g/mol. The first kappa shape index (κ1) is 19.9. The van der Waals surface area contributed by atoms with Crippen LogP contribution in [0.3, 0.4) is 0 Å². The van der Waals surface area contributed by atoms with Gasteiger partial charge in [-0.1, -0.05) is 30.7 Å². The van der Waals surface area contributed by atoms with E-state index in [1.807, 2.05) is 19.1 Å². The van der Waals surface area contributed by atoms with Crippen LogP contribution < -0.4 is 0 Å². The number of hydrogen-bond donors (Lipinski definition) is 0. The molecule has 0 atom stereocenters. The van der Waals surface area contributed by atoms with Gasteiger partial charge in [-0.15, -0.1) is 0 Å². The fourth-order valence-corrected chi connectivity index (χ4v) is 3.76. The number of carbonyl (C=O) groups is 2. The molecule has 3 rings (SSSR count). The number of amides is 2. The van der Waals surface area contributed by atoms with E-state index >= 15 is 0 Å². The highest BCUT2D eigenvalue weighted by Gasteiger charge is 2.41. The Morgan fingerprint density at radius 2 is 1.78 bits per heavy atom. The van der Waals surface area contributed by atoms with Crippen molar-refractivity contribution in [1.29, 1.82) is 0 Å². The molecule has 2 aliphatic rings. The number of carbonyl (C=O) groups excluding carboxylic acids is 2. The fraction of sp³-hybridized carbons (Fsp3) is 0.524.